The van der Waals surface area contributed by atoms with Crippen molar-refractivity contribution >= 4 is 11.9 Å². The number of imide groups is 1. The molecule has 3 amide bonds. The van der Waals surface area contributed by atoms with Crippen molar-refractivity contribution in [2.24, 2.45) is 5.92 Å². The van der Waals surface area contributed by atoms with Crippen molar-refractivity contribution in [3.05, 3.63) is 35.6 Å². The minimum Gasteiger partial charge on any atom is -0.322 e. The Balaban J connectivity index is 1.85. The first-order chi connectivity index (χ1) is 12.9. The molecule has 2 N–H and O–H groups in total. The van der Waals surface area contributed by atoms with Crippen LogP contribution in [0.1, 0.15) is 24.8 Å². The van der Waals surface area contributed by atoms with Crippen LogP contribution in [0.4, 0.5) is 9.18 Å². The second-order valence-electron chi connectivity index (χ2n) is 7.85. The van der Waals surface area contributed by atoms with E-state index in [0.29, 0.717) is 13.0 Å². The third-order valence-electron chi connectivity index (χ3n) is 5.60. The maximum absolute atomic E-state index is 13.7. The van der Waals surface area contributed by atoms with Crippen molar-refractivity contribution in [2.45, 2.75) is 31.2 Å². The van der Waals surface area contributed by atoms with Crippen LogP contribution in [0, 0.1) is 11.7 Å². The lowest BCUT2D eigenvalue weighted by atomic mass is 9.74. The summed E-state index contributed by atoms with van der Waals surface area (Å²) in [5.74, 6) is -0.452. The zero-order valence-corrected chi connectivity index (χ0v) is 16.1. The van der Waals surface area contributed by atoms with Gasteiger partial charge < -0.3 is 15.5 Å². The first-order valence-corrected chi connectivity index (χ1v) is 9.66. The number of halogens is 1. The van der Waals surface area contributed by atoms with Crippen LogP contribution in [0.3, 0.4) is 0 Å². The van der Waals surface area contributed by atoms with Gasteiger partial charge in [-0.2, -0.15) is 0 Å². The fourth-order valence-electron chi connectivity index (χ4n) is 4.22. The highest BCUT2D eigenvalue weighted by atomic mass is 19.1. The molecule has 2 aliphatic rings. The van der Waals surface area contributed by atoms with Crippen molar-refractivity contribution < 1.29 is 14.0 Å². The Morgan fingerprint density at radius 2 is 2.00 bits per heavy atom. The van der Waals surface area contributed by atoms with Gasteiger partial charge in [0.15, 0.2) is 0 Å². The molecule has 6 nitrogen and oxygen atoms in total. The van der Waals surface area contributed by atoms with Gasteiger partial charge in [0.05, 0.1) is 0 Å². The molecule has 0 radical (unpaired) electrons. The average molecular weight is 376 g/mol. The van der Waals surface area contributed by atoms with E-state index in [1.54, 1.807) is 6.07 Å². The third kappa shape index (κ3) is 4.30. The minimum atomic E-state index is -0.981. The molecule has 3 rings (SSSR count). The number of hydrogen-bond donors (Lipinski definition) is 2. The van der Waals surface area contributed by atoms with Gasteiger partial charge in [0.25, 0.3) is 5.91 Å². The molecule has 1 atom stereocenters. The number of rotatable bonds is 7. The lowest BCUT2D eigenvalue weighted by Crippen LogP contribution is -2.57. The van der Waals surface area contributed by atoms with E-state index in [2.05, 4.69) is 10.6 Å². The average Bonchev–Trinajstić information content (AvgIpc) is 2.87. The van der Waals surface area contributed by atoms with Gasteiger partial charge in [-0.25, -0.2) is 9.18 Å². The Labute approximate surface area is 160 Å². The molecule has 27 heavy (non-hydrogen) atoms. The van der Waals surface area contributed by atoms with Crippen molar-refractivity contribution in [3.63, 3.8) is 0 Å². The molecule has 1 aromatic rings. The molecule has 0 bridgehead atoms. The highest BCUT2D eigenvalue weighted by molar-refractivity contribution is 6.07. The van der Waals surface area contributed by atoms with E-state index in [-0.39, 0.29) is 23.7 Å². The summed E-state index contributed by atoms with van der Waals surface area (Å²) in [4.78, 5) is 29.5. The quantitative estimate of drug-likeness (QED) is 0.710. The van der Waals surface area contributed by atoms with Crippen LogP contribution in [0.15, 0.2) is 24.3 Å². The van der Waals surface area contributed by atoms with Crippen LogP contribution >= 0.6 is 0 Å². The fourth-order valence-corrected chi connectivity index (χ4v) is 4.22. The van der Waals surface area contributed by atoms with Crippen LogP contribution < -0.4 is 10.6 Å². The summed E-state index contributed by atoms with van der Waals surface area (Å²) in [6, 6.07) is 5.99. The highest BCUT2D eigenvalue weighted by Gasteiger charge is 2.55. The molecular weight excluding hydrogens is 347 g/mol. The summed E-state index contributed by atoms with van der Waals surface area (Å²) in [5, 5.41) is 6.33. The molecule has 1 aromatic carbocycles. The molecule has 0 spiro atoms. The fraction of sp³-hybridized carbons (Fsp3) is 0.600. The maximum atomic E-state index is 13.7. The summed E-state index contributed by atoms with van der Waals surface area (Å²) in [5.41, 5.74) is -0.247. The third-order valence-corrected chi connectivity index (χ3v) is 5.60. The molecule has 2 fully saturated rings. The predicted octanol–water partition coefficient (Wildman–Crippen LogP) is 1.61. The smallest absolute Gasteiger partial charge is 0.322 e. The van der Waals surface area contributed by atoms with E-state index < -0.39 is 5.54 Å². The summed E-state index contributed by atoms with van der Waals surface area (Å²) >= 11 is 0. The Morgan fingerprint density at radius 1 is 1.26 bits per heavy atom. The van der Waals surface area contributed by atoms with Gasteiger partial charge >= 0.3 is 6.03 Å². The largest absolute Gasteiger partial charge is 0.325 e. The molecule has 2 saturated heterocycles. The van der Waals surface area contributed by atoms with Gasteiger partial charge in [-0.1, -0.05) is 12.1 Å². The van der Waals surface area contributed by atoms with E-state index in [9.17, 15) is 14.0 Å². The first-order valence-electron chi connectivity index (χ1n) is 9.66. The van der Waals surface area contributed by atoms with Gasteiger partial charge in [-0.05, 0) is 76.6 Å². The zero-order chi connectivity index (χ0) is 19.4. The number of nitrogens with zero attached hydrogens (tertiary/aromatic N) is 2. The first kappa shape index (κ1) is 19.8. The number of amides is 3. The Kier molecular flexibility index (Phi) is 6.11. The molecule has 7 heteroatoms. The highest BCUT2D eigenvalue weighted by Crippen LogP contribution is 2.35. The monoisotopic (exact) mass is 376 g/mol. The van der Waals surface area contributed by atoms with E-state index in [1.807, 2.05) is 25.1 Å². The van der Waals surface area contributed by atoms with E-state index in [1.165, 1.54) is 17.0 Å². The number of carbonyl (C=O) groups excluding carboxylic acids is 2. The normalized spacial score (nSPS) is 23.9. The Hall–Kier alpha value is -1.99. The Morgan fingerprint density at radius 3 is 2.67 bits per heavy atom. The number of nitrogens with one attached hydrogen (secondary N) is 2. The second kappa shape index (κ2) is 8.35. The van der Waals surface area contributed by atoms with Gasteiger partial charge in [0.1, 0.15) is 11.4 Å². The summed E-state index contributed by atoms with van der Waals surface area (Å²) < 4.78 is 13.7. The van der Waals surface area contributed by atoms with Gasteiger partial charge in [0, 0.05) is 13.0 Å². The molecule has 148 valence electrons. The topological polar surface area (TPSA) is 64.7 Å². The van der Waals surface area contributed by atoms with E-state index in [0.717, 1.165) is 44.5 Å². The SMILES string of the molecule is CN(C)CCCN1C(=O)NC(Cc2cccc(F)c2)(C2CCNCC2)C1=O. The molecule has 0 saturated carbocycles. The number of urea groups is 1. The lowest BCUT2D eigenvalue weighted by molar-refractivity contribution is -0.133. The summed E-state index contributed by atoms with van der Waals surface area (Å²) in [6.45, 7) is 2.85. The number of piperidine rings is 1. The van der Waals surface area contributed by atoms with Gasteiger partial charge in [-0.3, -0.25) is 9.69 Å². The Bertz CT molecular complexity index is 690. The number of carbonyl (C=O) groups is 2. The van der Waals surface area contributed by atoms with Crippen LogP contribution in [-0.4, -0.2) is 67.6 Å². The molecule has 0 aromatic heterocycles. The summed E-state index contributed by atoms with van der Waals surface area (Å²) in [6.07, 6.45) is 2.68. The molecule has 1 unspecified atom stereocenters. The van der Waals surface area contributed by atoms with E-state index in [4.69, 9.17) is 0 Å². The summed E-state index contributed by atoms with van der Waals surface area (Å²) in [7, 11) is 3.93. The molecule has 2 aliphatic heterocycles. The van der Waals surface area contributed by atoms with Crippen molar-refractivity contribution in [2.75, 3.05) is 40.3 Å². The van der Waals surface area contributed by atoms with Crippen LogP contribution in [0.25, 0.3) is 0 Å². The molecule has 2 heterocycles. The minimum absolute atomic E-state index is 0.0392. The van der Waals surface area contributed by atoms with Gasteiger partial charge in [-0.15, -0.1) is 0 Å². The number of benzene rings is 1. The van der Waals surface area contributed by atoms with Crippen molar-refractivity contribution in [1.29, 1.82) is 0 Å². The number of hydrogen-bond acceptors (Lipinski definition) is 4. The molecule has 0 aliphatic carbocycles. The van der Waals surface area contributed by atoms with Crippen LogP contribution in [-0.2, 0) is 11.2 Å². The second-order valence-corrected chi connectivity index (χ2v) is 7.85. The lowest BCUT2D eigenvalue weighted by Gasteiger charge is -2.38. The van der Waals surface area contributed by atoms with Crippen molar-refractivity contribution in [1.82, 2.24) is 20.4 Å². The van der Waals surface area contributed by atoms with E-state index >= 15 is 0 Å². The predicted molar refractivity (Wildman–Crippen MR) is 102 cm³/mol. The van der Waals surface area contributed by atoms with Crippen LogP contribution in [0.2, 0.25) is 0 Å². The standard InChI is InChI=1S/C20H29FN4O2/c1-24(2)11-4-12-25-18(26)20(23-19(25)27,16-7-9-22-10-8-16)14-15-5-3-6-17(21)13-15/h3,5-6,13,16,22H,4,7-12,14H2,1-2H3,(H,23,27). The molecular formula is C20H29FN4O2. The van der Waals surface area contributed by atoms with Crippen LogP contribution in [0.5, 0.6) is 0 Å². The van der Waals surface area contributed by atoms with Crippen molar-refractivity contribution in [3.8, 4) is 0 Å². The zero-order valence-electron chi connectivity index (χ0n) is 16.1. The van der Waals surface area contributed by atoms with Gasteiger partial charge in [0.2, 0.25) is 0 Å². The maximum Gasteiger partial charge on any atom is 0.325 e.